The molecule has 0 saturated heterocycles. The van der Waals surface area contributed by atoms with Crippen molar-refractivity contribution in [3.8, 4) is 0 Å². The number of halogens is 1. The maximum atomic E-state index is 12.4. The number of rotatable bonds is 6. The van der Waals surface area contributed by atoms with Crippen molar-refractivity contribution < 1.29 is 13.2 Å². The summed E-state index contributed by atoms with van der Waals surface area (Å²) < 4.78 is 26.6. The second kappa shape index (κ2) is 7.00. The van der Waals surface area contributed by atoms with Gasteiger partial charge in [0, 0.05) is 24.7 Å². The van der Waals surface area contributed by atoms with Crippen molar-refractivity contribution in [3.63, 3.8) is 0 Å². The molecule has 0 spiro atoms. The molecule has 0 aliphatic heterocycles. The van der Waals surface area contributed by atoms with Crippen LogP contribution in [0.3, 0.4) is 0 Å². The minimum atomic E-state index is -3.61. The molecular weight excluding hydrogens is 350 g/mol. The largest absolute Gasteiger partial charge is 0.329 e. The third kappa shape index (κ3) is 3.74. The maximum Gasteiger partial charge on any atom is 0.240 e. The highest BCUT2D eigenvalue weighted by molar-refractivity contribution is 7.89. The highest BCUT2D eigenvalue weighted by Crippen LogP contribution is 2.68. The van der Waals surface area contributed by atoms with Crippen molar-refractivity contribution in [2.45, 2.75) is 32.6 Å². The van der Waals surface area contributed by atoms with E-state index in [9.17, 15) is 13.2 Å². The van der Waals surface area contributed by atoms with Gasteiger partial charge in [0.2, 0.25) is 15.9 Å². The lowest BCUT2D eigenvalue weighted by atomic mass is 10.0. The van der Waals surface area contributed by atoms with E-state index in [1.54, 1.807) is 12.1 Å². The number of sulfonamides is 1. The lowest BCUT2D eigenvalue weighted by molar-refractivity contribution is -0.118. The highest BCUT2D eigenvalue weighted by atomic mass is 35.5. The first kappa shape index (κ1) is 20.9. The molecule has 1 amide bonds. The Balaban J connectivity index is 0.00000288. The second-order valence-electron chi connectivity index (χ2n) is 7.08. The molecule has 0 radical (unpaired) electrons. The first-order chi connectivity index (χ1) is 10.5. The standard InChI is InChI=1S/C16H25N3O3S.ClH/c1-15(2)13(16(15,3)4)14(20)19-11-6-5-7-12(10-11)23(21,22)18-9-8-17;/h5-7,10,13,18H,8-9,17H2,1-4H3,(H,19,20);1H. The van der Waals surface area contributed by atoms with Crippen LogP contribution < -0.4 is 15.8 Å². The van der Waals surface area contributed by atoms with Crippen LogP contribution in [0.1, 0.15) is 27.7 Å². The van der Waals surface area contributed by atoms with Gasteiger partial charge in [-0.2, -0.15) is 0 Å². The summed E-state index contributed by atoms with van der Waals surface area (Å²) >= 11 is 0. The fourth-order valence-electron chi connectivity index (χ4n) is 3.08. The zero-order valence-corrected chi connectivity index (χ0v) is 16.1. The Morgan fingerprint density at radius 3 is 2.29 bits per heavy atom. The third-order valence-corrected chi connectivity index (χ3v) is 6.59. The second-order valence-corrected chi connectivity index (χ2v) is 8.85. The maximum absolute atomic E-state index is 12.4. The SMILES string of the molecule is CC1(C)C(C(=O)Nc2cccc(S(=O)(=O)NCCN)c2)C1(C)C.Cl. The molecule has 0 aromatic heterocycles. The summed E-state index contributed by atoms with van der Waals surface area (Å²) in [6.07, 6.45) is 0. The number of hydrogen-bond donors (Lipinski definition) is 3. The van der Waals surface area contributed by atoms with Gasteiger partial charge in [0.05, 0.1) is 4.90 Å². The molecule has 0 atom stereocenters. The summed E-state index contributed by atoms with van der Waals surface area (Å²) in [7, 11) is -3.61. The summed E-state index contributed by atoms with van der Waals surface area (Å²) in [5.41, 5.74) is 5.66. The van der Waals surface area contributed by atoms with Crippen LogP contribution in [0.15, 0.2) is 29.2 Å². The number of amides is 1. The molecule has 0 bridgehead atoms. The van der Waals surface area contributed by atoms with E-state index < -0.39 is 10.0 Å². The number of anilines is 1. The van der Waals surface area contributed by atoms with Crippen molar-refractivity contribution in [2.24, 2.45) is 22.5 Å². The number of nitrogens with one attached hydrogen (secondary N) is 2. The van der Waals surface area contributed by atoms with Gasteiger partial charge in [-0.15, -0.1) is 12.4 Å². The molecule has 6 nitrogen and oxygen atoms in total. The molecule has 8 heteroatoms. The summed E-state index contributed by atoms with van der Waals surface area (Å²) in [4.78, 5) is 12.6. The van der Waals surface area contributed by atoms with Gasteiger partial charge in [0.1, 0.15) is 0 Å². The van der Waals surface area contributed by atoms with Gasteiger partial charge in [0.15, 0.2) is 0 Å². The van der Waals surface area contributed by atoms with Crippen LogP contribution >= 0.6 is 12.4 Å². The number of nitrogens with two attached hydrogens (primary N) is 1. The van der Waals surface area contributed by atoms with Gasteiger partial charge < -0.3 is 11.1 Å². The van der Waals surface area contributed by atoms with E-state index in [1.807, 2.05) is 0 Å². The van der Waals surface area contributed by atoms with E-state index in [2.05, 4.69) is 37.7 Å². The van der Waals surface area contributed by atoms with Crippen molar-refractivity contribution in [2.75, 3.05) is 18.4 Å². The van der Waals surface area contributed by atoms with Crippen LogP contribution in [0.4, 0.5) is 5.69 Å². The lowest BCUT2D eigenvalue weighted by Crippen LogP contribution is -2.29. The van der Waals surface area contributed by atoms with Crippen molar-refractivity contribution >= 4 is 34.0 Å². The third-order valence-electron chi connectivity index (χ3n) is 5.13. The molecule has 1 fully saturated rings. The van der Waals surface area contributed by atoms with E-state index in [0.29, 0.717) is 5.69 Å². The monoisotopic (exact) mass is 375 g/mol. The van der Waals surface area contributed by atoms with E-state index in [-0.39, 0.29) is 53.0 Å². The summed E-state index contributed by atoms with van der Waals surface area (Å²) in [6.45, 7) is 8.65. The van der Waals surface area contributed by atoms with Crippen molar-refractivity contribution in [1.29, 1.82) is 0 Å². The Morgan fingerprint density at radius 2 is 1.79 bits per heavy atom. The van der Waals surface area contributed by atoms with Gasteiger partial charge in [-0.25, -0.2) is 13.1 Å². The molecule has 1 aromatic rings. The minimum absolute atomic E-state index is 0. The molecule has 2 rings (SSSR count). The van der Waals surface area contributed by atoms with Gasteiger partial charge in [-0.05, 0) is 29.0 Å². The quantitative estimate of drug-likeness (QED) is 0.707. The van der Waals surface area contributed by atoms with Gasteiger partial charge >= 0.3 is 0 Å². The Bertz CT molecular complexity index is 703. The zero-order chi connectivity index (χ0) is 17.5. The van der Waals surface area contributed by atoms with Gasteiger partial charge in [0.25, 0.3) is 0 Å². The van der Waals surface area contributed by atoms with Crippen molar-refractivity contribution in [1.82, 2.24) is 4.72 Å². The fourth-order valence-corrected chi connectivity index (χ4v) is 4.18. The average molecular weight is 376 g/mol. The van der Waals surface area contributed by atoms with Gasteiger partial charge in [-0.3, -0.25) is 4.79 Å². The average Bonchev–Trinajstić information content (AvgIpc) is 2.86. The number of carbonyl (C=O) groups excluding carboxylic acids is 1. The zero-order valence-electron chi connectivity index (χ0n) is 14.4. The predicted octanol–water partition coefficient (Wildman–Crippen LogP) is 1.97. The van der Waals surface area contributed by atoms with E-state index in [4.69, 9.17) is 5.73 Å². The molecule has 1 aliphatic rings. The van der Waals surface area contributed by atoms with Gasteiger partial charge in [-0.1, -0.05) is 33.8 Å². The summed E-state index contributed by atoms with van der Waals surface area (Å²) in [5, 5.41) is 2.83. The van der Waals surface area contributed by atoms with Crippen molar-refractivity contribution in [3.05, 3.63) is 24.3 Å². The van der Waals surface area contributed by atoms with E-state index in [0.717, 1.165) is 0 Å². The van der Waals surface area contributed by atoms with Crippen LogP contribution in [0.2, 0.25) is 0 Å². The molecule has 136 valence electrons. The number of carbonyl (C=O) groups is 1. The smallest absolute Gasteiger partial charge is 0.240 e. The number of benzene rings is 1. The van der Waals surface area contributed by atoms with Crippen LogP contribution in [0.25, 0.3) is 0 Å². The molecule has 0 heterocycles. The predicted molar refractivity (Wildman–Crippen MR) is 97.6 cm³/mol. The summed E-state index contributed by atoms with van der Waals surface area (Å²) in [5.74, 6) is -0.171. The van der Waals surface area contributed by atoms with E-state index in [1.165, 1.54) is 12.1 Å². The molecule has 4 N–H and O–H groups in total. The first-order valence-corrected chi connectivity index (χ1v) is 9.13. The van der Waals surface area contributed by atoms with Crippen LogP contribution in [-0.4, -0.2) is 27.4 Å². The van der Waals surface area contributed by atoms with Crippen LogP contribution in [0.5, 0.6) is 0 Å². The normalized spacial score (nSPS) is 18.5. The molecular formula is C16H26ClN3O3S. The molecule has 0 unspecified atom stereocenters. The molecule has 24 heavy (non-hydrogen) atoms. The Labute approximate surface area is 150 Å². The first-order valence-electron chi connectivity index (χ1n) is 7.64. The van der Waals surface area contributed by atoms with Crippen LogP contribution in [0, 0.1) is 16.7 Å². The highest BCUT2D eigenvalue weighted by Gasteiger charge is 2.68. The lowest BCUT2D eigenvalue weighted by Gasteiger charge is -2.10. The molecule has 1 saturated carbocycles. The van der Waals surface area contributed by atoms with Crippen LogP contribution in [-0.2, 0) is 14.8 Å². The summed E-state index contributed by atoms with van der Waals surface area (Å²) in [6, 6.07) is 6.23. The minimum Gasteiger partial charge on any atom is -0.329 e. The Morgan fingerprint density at radius 1 is 1.21 bits per heavy atom. The Kier molecular flexibility index (Phi) is 6.09. The fraction of sp³-hybridized carbons (Fsp3) is 0.562. The number of hydrogen-bond acceptors (Lipinski definition) is 4. The topological polar surface area (TPSA) is 101 Å². The molecule has 1 aromatic carbocycles. The molecule has 1 aliphatic carbocycles. The van der Waals surface area contributed by atoms with E-state index >= 15 is 0 Å². The Hall–Kier alpha value is -1.15.